The summed E-state index contributed by atoms with van der Waals surface area (Å²) in [6, 6.07) is 9.74. The molecule has 1 aliphatic heterocycles. The lowest BCUT2D eigenvalue weighted by Crippen LogP contribution is -2.35. The lowest BCUT2D eigenvalue weighted by molar-refractivity contribution is -0.214. The minimum Gasteiger partial charge on any atom is -0.467 e. The molecule has 1 aliphatic rings. The number of hydrogen-bond acceptors (Lipinski definition) is 5. The fourth-order valence-corrected chi connectivity index (χ4v) is 3.24. The topological polar surface area (TPSA) is 69.3 Å². The third kappa shape index (κ3) is 2.92. The molecule has 0 radical (unpaired) electrons. The summed E-state index contributed by atoms with van der Waals surface area (Å²) in [6.07, 6.45) is -5.45. The quantitative estimate of drug-likeness (QED) is 0.670. The van der Waals surface area contributed by atoms with E-state index in [1.807, 2.05) is 18.2 Å². The zero-order valence-electron chi connectivity index (χ0n) is 14.9. The first-order valence-electron chi connectivity index (χ1n) is 8.53. The van der Waals surface area contributed by atoms with Crippen LogP contribution in [0.25, 0.3) is 11.0 Å². The van der Waals surface area contributed by atoms with Gasteiger partial charge < -0.3 is 14.5 Å². The first-order valence-corrected chi connectivity index (χ1v) is 8.53. The molecule has 9 heteroatoms. The van der Waals surface area contributed by atoms with Crippen LogP contribution in [0.4, 0.5) is 19.1 Å². The summed E-state index contributed by atoms with van der Waals surface area (Å²) in [7, 11) is 0. The fourth-order valence-electron chi connectivity index (χ4n) is 3.24. The number of halogens is 3. The van der Waals surface area contributed by atoms with Crippen molar-refractivity contribution in [3.05, 3.63) is 59.7 Å². The lowest BCUT2D eigenvalue weighted by atomic mass is 10.00. The van der Waals surface area contributed by atoms with Gasteiger partial charge in [0.05, 0.1) is 22.9 Å². The van der Waals surface area contributed by atoms with E-state index in [1.165, 1.54) is 6.26 Å². The summed E-state index contributed by atoms with van der Waals surface area (Å²) in [5, 5.41) is 2.99. The number of benzene rings is 1. The Hall–Kier alpha value is -3.23. The molecular formula is C19H16F3N3O3. The molecule has 146 valence electrons. The molecule has 0 amide bonds. The van der Waals surface area contributed by atoms with E-state index < -0.39 is 24.3 Å². The number of aromatic nitrogens is 2. The van der Waals surface area contributed by atoms with Crippen LogP contribution in [0.5, 0.6) is 0 Å². The number of furan rings is 1. The highest BCUT2D eigenvalue weighted by atomic mass is 19.4. The monoisotopic (exact) mass is 391 g/mol. The van der Waals surface area contributed by atoms with E-state index in [9.17, 15) is 18.0 Å². The Morgan fingerprint density at radius 2 is 2.04 bits per heavy atom. The second-order valence-electron chi connectivity index (χ2n) is 6.46. The smallest absolute Gasteiger partial charge is 0.425 e. The normalized spacial score (nSPS) is 18.0. The van der Waals surface area contributed by atoms with E-state index in [0.717, 1.165) is 6.92 Å². The highest BCUT2D eigenvalue weighted by Crippen LogP contribution is 2.40. The van der Waals surface area contributed by atoms with Gasteiger partial charge in [-0.1, -0.05) is 12.1 Å². The molecule has 0 spiro atoms. The number of nitrogens with zero attached hydrogens (tertiary/aromatic N) is 2. The van der Waals surface area contributed by atoms with Gasteiger partial charge in [-0.15, -0.1) is 0 Å². The van der Waals surface area contributed by atoms with E-state index >= 15 is 0 Å². The molecule has 0 aliphatic carbocycles. The number of carbonyl (C=O) groups is 1. The second kappa shape index (κ2) is 6.43. The highest BCUT2D eigenvalue weighted by molar-refractivity contribution is 5.94. The number of carbonyl (C=O) groups excluding carboxylic acids is 1. The first kappa shape index (κ1) is 18.1. The Labute approximate surface area is 157 Å². The second-order valence-corrected chi connectivity index (χ2v) is 6.46. The molecule has 2 atom stereocenters. The number of allylic oxidation sites excluding steroid dienone is 1. The van der Waals surface area contributed by atoms with Crippen LogP contribution in [0.1, 0.15) is 25.6 Å². The van der Waals surface area contributed by atoms with Crippen molar-refractivity contribution >= 4 is 23.0 Å². The Kier molecular flexibility index (Phi) is 4.17. The molecule has 3 heterocycles. The van der Waals surface area contributed by atoms with Crippen molar-refractivity contribution in [3.8, 4) is 0 Å². The summed E-state index contributed by atoms with van der Waals surface area (Å²) in [5.74, 6) is -0.225. The Bertz CT molecular complexity index is 1070. The number of anilines is 1. The fraction of sp³-hybridized carbons (Fsp3) is 0.263. The van der Waals surface area contributed by atoms with Crippen molar-refractivity contribution < 1.29 is 27.1 Å². The van der Waals surface area contributed by atoms with E-state index in [-0.39, 0.29) is 5.57 Å². The van der Waals surface area contributed by atoms with Gasteiger partial charge in [0.1, 0.15) is 11.8 Å². The van der Waals surface area contributed by atoms with Crippen LogP contribution in [-0.4, -0.2) is 27.8 Å². The third-order valence-corrected chi connectivity index (χ3v) is 4.61. The van der Waals surface area contributed by atoms with Crippen molar-refractivity contribution in [2.24, 2.45) is 0 Å². The molecule has 0 bridgehead atoms. The van der Waals surface area contributed by atoms with E-state index in [1.54, 1.807) is 29.7 Å². The molecule has 1 N–H and O–H groups in total. The van der Waals surface area contributed by atoms with Gasteiger partial charge >= 0.3 is 12.1 Å². The van der Waals surface area contributed by atoms with Crippen LogP contribution in [0.2, 0.25) is 0 Å². The minimum absolute atomic E-state index is 0.0294. The third-order valence-electron chi connectivity index (χ3n) is 4.61. The van der Waals surface area contributed by atoms with E-state index in [2.05, 4.69) is 10.3 Å². The zero-order chi connectivity index (χ0) is 20.1. The number of nitrogens with one attached hydrogen (secondary N) is 1. The molecule has 0 fully saturated rings. The molecule has 3 aromatic rings. The summed E-state index contributed by atoms with van der Waals surface area (Å²) >= 11 is 0. The Morgan fingerprint density at radius 1 is 1.29 bits per heavy atom. The van der Waals surface area contributed by atoms with Gasteiger partial charge in [-0.25, -0.2) is 9.78 Å². The predicted octanol–water partition coefficient (Wildman–Crippen LogP) is 4.41. The zero-order valence-corrected chi connectivity index (χ0v) is 14.9. The summed E-state index contributed by atoms with van der Waals surface area (Å²) in [5.41, 5.74) is 1.76. The molecule has 6 nitrogen and oxygen atoms in total. The summed E-state index contributed by atoms with van der Waals surface area (Å²) in [4.78, 5) is 17.2. The summed E-state index contributed by atoms with van der Waals surface area (Å²) < 4.78 is 50.6. The van der Waals surface area contributed by atoms with Gasteiger partial charge in [-0.05, 0) is 38.1 Å². The molecule has 0 unspecified atom stereocenters. The van der Waals surface area contributed by atoms with Gasteiger partial charge in [0.25, 0.3) is 0 Å². The Balaban J connectivity index is 1.84. The van der Waals surface area contributed by atoms with Crippen molar-refractivity contribution in [1.29, 1.82) is 0 Å². The Morgan fingerprint density at radius 3 is 2.71 bits per heavy atom. The van der Waals surface area contributed by atoms with Crippen molar-refractivity contribution in [1.82, 2.24) is 9.55 Å². The van der Waals surface area contributed by atoms with Gasteiger partial charge in [-0.3, -0.25) is 4.57 Å². The molecule has 0 saturated carbocycles. The van der Waals surface area contributed by atoms with Gasteiger partial charge in [0.2, 0.25) is 5.95 Å². The SMILES string of the molecule is CC1=C(C(=O)O[C@@H](C)C(F)(F)F)[C@@H](c2ccco2)n2c(nc3ccccc32)N1. The molecule has 1 aromatic carbocycles. The maximum atomic E-state index is 12.9. The van der Waals surface area contributed by atoms with Gasteiger partial charge in [0.15, 0.2) is 6.10 Å². The van der Waals surface area contributed by atoms with Crippen molar-refractivity contribution in [2.75, 3.05) is 5.32 Å². The number of esters is 1. The average molecular weight is 391 g/mol. The van der Waals surface area contributed by atoms with Crippen LogP contribution < -0.4 is 5.32 Å². The van der Waals surface area contributed by atoms with Crippen LogP contribution in [0, 0.1) is 0 Å². The first-order chi connectivity index (χ1) is 13.3. The number of imidazole rings is 1. The number of para-hydroxylation sites is 2. The van der Waals surface area contributed by atoms with Gasteiger partial charge in [-0.2, -0.15) is 13.2 Å². The average Bonchev–Trinajstić information content (AvgIpc) is 3.27. The number of fused-ring (bicyclic) bond motifs is 3. The van der Waals surface area contributed by atoms with Crippen LogP contribution >= 0.6 is 0 Å². The summed E-state index contributed by atoms with van der Waals surface area (Å²) in [6.45, 7) is 2.39. The molecular weight excluding hydrogens is 375 g/mol. The maximum absolute atomic E-state index is 12.9. The van der Waals surface area contributed by atoms with Crippen LogP contribution in [0.15, 0.2) is 58.3 Å². The molecule has 0 saturated heterocycles. The van der Waals surface area contributed by atoms with E-state index in [4.69, 9.17) is 9.15 Å². The highest BCUT2D eigenvalue weighted by Gasteiger charge is 2.42. The standard InChI is InChI=1S/C19H16F3N3O3/c1-10-15(17(26)28-11(2)19(20,21)22)16(14-8-5-9-27-14)25-13-7-4-3-6-12(13)24-18(25)23-10/h3-9,11,16H,1-2H3,(H,23,24)/t11-,16+/m0/s1. The lowest BCUT2D eigenvalue weighted by Gasteiger charge is -2.29. The molecule has 28 heavy (non-hydrogen) atoms. The van der Waals surface area contributed by atoms with Crippen LogP contribution in [0.3, 0.4) is 0 Å². The molecule has 2 aromatic heterocycles. The number of rotatable bonds is 3. The molecule has 4 rings (SSSR count). The number of alkyl halides is 3. The van der Waals surface area contributed by atoms with Crippen LogP contribution in [-0.2, 0) is 9.53 Å². The van der Waals surface area contributed by atoms with Crippen molar-refractivity contribution in [3.63, 3.8) is 0 Å². The maximum Gasteiger partial charge on any atom is 0.425 e. The largest absolute Gasteiger partial charge is 0.467 e. The number of ether oxygens (including phenoxy) is 1. The van der Waals surface area contributed by atoms with Gasteiger partial charge in [0, 0.05) is 5.70 Å². The predicted molar refractivity (Wildman–Crippen MR) is 94.5 cm³/mol. The van der Waals surface area contributed by atoms with E-state index in [0.29, 0.717) is 28.4 Å². The number of hydrogen-bond donors (Lipinski definition) is 1. The minimum atomic E-state index is -4.65. The van der Waals surface area contributed by atoms with Crippen molar-refractivity contribution in [2.45, 2.75) is 32.2 Å².